The van der Waals surface area contributed by atoms with Crippen LogP contribution in [0.4, 0.5) is 0 Å². The molecule has 0 spiro atoms. The van der Waals surface area contributed by atoms with Gasteiger partial charge in [0.15, 0.2) is 0 Å². The largest absolute Gasteiger partial charge is 0.480 e. The van der Waals surface area contributed by atoms with E-state index in [0.29, 0.717) is 12.1 Å². The summed E-state index contributed by atoms with van der Waals surface area (Å²) in [5, 5.41) is 23.8. The summed E-state index contributed by atoms with van der Waals surface area (Å²) in [6, 6.07) is -3.40. The lowest BCUT2D eigenvalue weighted by molar-refractivity contribution is -0.144. The number of H-pyrrole nitrogens is 1. The van der Waals surface area contributed by atoms with Gasteiger partial charge in [0, 0.05) is 18.3 Å². The summed E-state index contributed by atoms with van der Waals surface area (Å²) in [4.78, 5) is 42.6. The van der Waals surface area contributed by atoms with Crippen molar-refractivity contribution in [2.24, 2.45) is 11.7 Å². The number of amides is 2. The van der Waals surface area contributed by atoms with Gasteiger partial charge in [-0.25, -0.2) is 9.78 Å². The molecule has 0 bridgehead atoms. The molecule has 0 radical (unpaired) electrons. The zero-order valence-corrected chi connectivity index (χ0v) is 15.1. The number of imidazole rings is 1. The number of nitrogens with one attached hydrogen (secondary N) is 3. The average molecular weight is 369 g/mol. The molecule has 5 unspecified atom stereocenters. The molecule has 1 aromatic rings. The van der Waals surface area contributed by atoms with Crippen molar-refractivity contribution >= 4 is 17.8 Å². The summed E-state index contributed by atoms with van der Waals surface area (Å²) >= 11 is 0. The Hall–Kier alpha value is -2.46. The summed E-state index contributed by atoms with van der Waals surface area (Å²) in [6.07, 6.45) is 2.45. The van der Waals surface area contributed by atoms with Crippen molar-refractivity contribution in [2.45, 2.75) is 57.8 Å². The number of aromatic amines is 1. The molecule has 2 amide bonds. The Kier molecular flexibility index (Phi) is 8.20. The summed E-state index contributed by atoms with van der Waals surface area (Å²) in [7, 11) is 0. The van der Waals surface area contributed by atoms with E-state index in [1.807, 2.05) is 0 Å². The smallest absolute Gasteiger partial charge is 0.326 e. The molecule has 0 aliphatic carbocycles. The Morgan fingerprint density at radius 1 is 1.23 bits per heavy atom. The Morgan fingerprint density at radius 2 is 1.85 bits per heavy atom. The van der Waals surface area contributed by atoms with E-state index in [1.54, 1.807) is 13.8 Å². The van der Waals surface area contributed by atoms with Gasteiger partial charge in [-0.15, -0.1) is 0 Å². The second kappa shape index (κ2) is 9.88. The van der Waals surface area contributed by atoms with E-state index >= 15 is 0 Å². The maximum atomic E-state index is 12.4. The van der Waals surface area contributed by atoms with E-state index in [1.165, 1.54) is 19.4 Å². The summed E-state index contributed by atoms with van der Waals surface area (Å²) < 4.78 is 0. The molecule has 1 heterocycles. The first-order chi connectivity index (χ1) is 12.2. The summed E-state index contributed by atoms with van der Waals surface area (Å²) in [6.45, 7) is 4.81. The molecule has 146 valence electrons. The van der Waals surface area contributed by atoms with E-state index in [2.05, 4.69) is 20.6 Å². The number of carboxylic acid groups (broad SMARTS) is 1. The number of aliphatic hydroxyl groups is 1. The van der Waals surface area contributed by atoms with Gasteiger partial charge in [0.2, 0.25) is 11.8 Å². The lowest BCUT2D eigenvalue weighted by Crippen LogP contribution is -2.59. The molecular weight excluding hydrogens is 342 g/mol. The van der Waals surface area contributed by atoms with Crippen molar-refractivity contribution in [1.82, 2.24) is 20.6 Å². The fourth-order valence-electron chi connectivity index (χ4n) is 2.32. The summed E-state index contributed by atoms with van der Waals surface area (Å²) in [5.74, 6) is -2.92. The third-order valence-corrected chi connectivity index (χ3v) is 4.17. The zero-order valence-electron chi connectivity index (χ0n) is 15.1. The standard InChI is InChI=1S/C16H27N5O5/c1-4-8(2)12(16(25)26)20-15(24)13(9(3)22)21-14(23)11(17)5-10-6-18-7-19-10/h6-9,11-13,22H,4-5,17H2,1-3H3,(H,18,19)(H,20,24)(H,21,23)(H,25,26). The third-order valence-electron chi connectivity index (χ3n) is 4.17. The van der Waals surface area contributed by atoms with Crippen molar-refractivity contribution in [3.8, 4) is 0 Å². The van der Waals surface area contributed by atoms with Crippen LogP contribution in [0, 0.1) is 5.92 Å². The Bertz CT molecular complexity index is 604. The maximum absolute atomic E-state index is 12.4. The lowest BCUT2D eigenvalue weighted by atomic mass is 9.98. The molecule has 0 saturated heterocycles. The van der Waals surface area contributed by atoms with Crippen LogP contribution in [0.1, 0.15) is 32.9 Å². The highest BCUT2D eigenvalue weighted by molar-refractivity contribution is 5.92. The minimum atomic E-state index is -1.32. The van der Waals surface area contributed by atoms with Gasteiger partial charge in [0.25, 0.3) is 0 Å². The number of hydrogen-bond acceptors (Lipinski definition) is 6. The van der Waals surface area contributed by atoms with Gasteiger partial charge in [0.05, 0.1) is 18.5 Å². The van der Waals surface area contributed by atoms with Crippen LogP contribution in [0.15, 0.2) is 12.5 Å². The molecule has 0 saturated carbocycles. The molecule has 5 atom stereocenters. The molecular formula is C16H27N5O5. The molecule has 0 aliphatic heterocycles. The molecule has 1 rings (SSSR count). The molecule has 26 heavy (non-hydrogen) atoms. The third kappa shape index (κ3) is 6.12. The molecule has 0 aliphatic rings. The van der Waals surface area contributed by atoms with Gasteiger partial charge in [-0.1, -0.05) is 20.3 Å². The number of aromatic nitrogens is 2. The number of carboxylic acids is 1. The average Bonchev–Trinajstić information content (AvgIpc) is 3.08. The van der Waals surface area contributed by atoms with Gasteiger partial charge in [-0.05, 0) is 12.8 Å². The van der Waals surface area contributed by atoms with Gasteiger partial charge in [-0.3, -0.25) is 9.59 Å². The minimum absolute atomic E-state index is 0.171. The van der Waals surface area contributed by atoms with Crippen molar-refractivity contribution < 1.29 is 24.6 Å². The van der Waals surface area contributed by atoms with E-state index in [0.717, 1.165) is 0 Å². The number of carbonyl (C=O) groups excluding carboxylic acids is 2. The molecule has 1 aromatic heterocycles. The quantitative estimate of drug-likeness (QED) is 0.299. The Labute approximate surface area is 151 Å². The first-order valence-electron chi connectivity index (χ1n) is 8.41. The van der Waals surface area contributed by atoms with Crippen LogP contribution in [0.5, 0.6) is 0 Å². The van der Waals surface area contributed by atoms with Crippen LogP contribution in [0.3, 0.4) is 0 Å². The second-order valence-electron chi connectivity index (χ2n) is 6.32. The lowest BCUT2D eigenvalue weighted by Gasteiger charge is -2.26. The van der Waals surface area contributed by atoms with Crippen molar-refractivity contribution in [3.05, 3.63) is 18.2 Å². The fourth-order valence-corrected chi connectivity index (χ4v) is 2.32. The topological polar surface area (TPSA) is 170 Å². The van der Waals surface area contributed by atoms with Crippen LogP contribution in [-0.4, -0.2) is 62.2 Å². The van der Waals surface area contributed by atoms with Gasteiger partial charge < -0.3 is 31.6 Å². The van der Waals surface area contributed by atoms with Crippen LogP contribution in [0.25, 0.3) is 0 Å². The van der Waals surface area contributed by atoms with Crippen LogP contribution < -0.4 is 16.4 Å². The number of aliphatic hydroxyl groups excluding tert-OH is 1. The minimum Gasteiger partial charge on any atom is -0.480 e. The number of rotatable bonds is 10. The highest BCUT2D eigenvalue weighted by Gasteiger charge is 2.32. The van der Waals surface area contributed by atoms with Crippen LogP contribution >= 0.6 is 0 Å². The van der Waals surface area contributed by atoms with E-state index in [-0.39, 0.29) is 12.3 Å². The van der Waals surface area contributed by atoms with Crippen molar-refractivity contribution in [3.63, 3.8) is 0 Å². The molecule has 0 aromatic carbocycles. The highest BCUT2D eigenvalue weighted by atomic mass is 16.4. The second-order valence-corrected chi connectivity index (χ2v) is 6.32. The van der Waals surface area contributed by atoms with Gasteiger partial charge in [-0.2, -0.15) is 0 Å². The van der Waals surface area contributed by atoms with Crippen LogP contribution in [0.2, 0.25) is 0 Å². The van der Waals surface area contributed by atoms with E-state index < -0.39 is 42.0 Å². The monoisotopic (exact) mass is 369 g/mol. The van der Waals surface area contributed by atoms with Crippen molar-refractivity contribution in [1.29, 1.82) is 0 Å². The normalized spacial score (nSPS) is 16.8. The Morgan fingerprint density at radius 3 is 2.31 bits per heavy atom. The number of aliphatic carboxylic acids is 1. The van der Waals surface area contributed by atoms with E-state index in [9.17, 15) is 24.6 Å². The number of nitrogens with zero attached hydrogens (tertiary/aromatic N) is 1. The Balaban J connectivity index is 2.75. The molecule has 10 heteroatoms. The zero-order chi connectivity index (χ0) is 19.9. The van der Waals surface area contributed by atoms with Crippen molar-refractivity contribution in [2.75, 3.05) is 0 Å². The van der Waals surface area contributed by atoms with Gasteiger partial charge >= 0.3 is 5.97 Å². The molecule has 10 nitrogen and oxygen atoms in total. The fraction of sp³-hybridized carbons (Fsp3) is 0.625. The maximum Gasteiger partial charge on any atom is 0.326 e. The highest BCUT2D eigenvalue weighted by Crippen LogP contribution is 2.09. The van der Waals surface area contributed by atoms with Gasteiger partial charge in [0.1, 0.15) is 12.1 Å². The number of nitrogens with two attached hydrogens (primary N) is 1. The SMILES string of the molecule is CCC(C)C(NC(=O)C(NC(=O)C(N)Cc1cnc[nH]1)C(C)O)C(=O)O. The first-order valence-corrected chi connectivity index (χ1v) is 8.41. The molecule has 7 N–H and O–H groups in total. The predicted octanol–water partition coefficient (Wildman–Crippen LogP) is -1.24. The van der Waals surface area contributed by atoms with E-state index in [4.69, 9.17) is 5.73 Å². The summed E-state index contributed by atoms with van der Waals surface area (Å²) in [5.41, 5.74) is 6.46. The number of hydrogen-bond donors (Lipinski definition) is 6. The van der Waals surface area contributed by atoms with Crippen LogP contribution in [-0.2, 0) is 20.8 Å². The number of carbonyl (C=O) groups is 3. The predicted molar refractivity (Wildman–Crippen MR) is 92.9 cm³/mol. The first kappa shape index (κ1) is 21.6. The molecule has 0 fully saturated rings.